The number of ether oxygens (including phenoxy) is 3. The Balaban J connectivity index is 1.81. The van der Waals surface area contributed by atoms with Gasteiger partial charge in [-0.05, 0) is 31.5 Å². The van der Waals surface area contributed by atoms with Crippen LogP contribution in [0.3, 0.4) is 0 Å². The number of halogens is 1. The van der Waals surface area contributed by atoms with Crippen molar-refractivity contribution in [3.8, 4) is 17.4 Å². The van der Waals surface area contributed by atoms with Crippen LogP contribution in [0.15, 0.2) is 42.9 Å². The van der Waals surface area contributed by atoms with E-state index in [-0.39, 0.29) is 0 Å². The molecule has 1 aromatic carbocycles. The van der Waals surface area contributed by atoms with Gasteiger partial charge in [0.2, 0.25) is 5.88 Å². The van der Waals surface area contributed by atoms with Crippen LogP contribution in [0, 0.1) is 6.92 Å². The maximum Gasteiger partial charge on any atom is 0.212 e. The van der Waals surface area contributed by atoms with Crippen molar-refractivity contribution in [2.75, 3.05) is 25.3 Å². The Hall–Kier alpha value is -2.16. The Kier molecular flexibility index (Phi) is 6.08. The lowest BCUT2D eigenvalue weighted by molar-refractivity contribution is 0.269. The van der Waals surface area contributed by atoms with E-state index in [1.807, 2.05) is 43.6 Å². The van der Waals surface area contributed by atoms with Crippen molar-refractivity contribution in [3.63, 3.8) is 0 Å². The lowest BCUT2D eigenvalue weighted by Crippen LogP contribution is -2.19. The molecule has 7 heteroatoms. The summed E-state index contributed by atoms with van der Waals surface area (Å²) in [4.78, 5) is 6.32. The highest BCUT2D eigenvalue weighted by molar-refractivity contribution is 14.1. The molecule has 0 saturated carbocycles. The standard InChI is InChI=1S/C19H21IN3O3/c1-4-25-17-9-14(2)16(22-7-8-23(20)13-22)10-18(17)26-12-15-5-6-19(24-3)21-11-15/h5-11H,2,4,12-13H2,1,3H3. The molecular formula is C19H21IN3O3. The number of anilines is 1. The monoisotopic (exact) mass is 466 g/mol. The zero-order chi connectivity index (χ0) is 18.5. The Labute approximate surface area is 167 Å². The first kappa shape index (κ1) is 18.6. The number of nitrogens with zero attached hydrogens (tertiary/aromatic N) is 3. The second kappa shape index (κ2) is 8.48. The van der Waals surface area contributed by atoms with Crippen LogP contribution in [-0.4, -0.2) is 28.5 Å². The zero-order valence-electron chi connectivity index (χ0n) is 14.8. The molecular weight excluding hydrogens is 445 g/mol. The first-order chi connectivity index (χ1) is 12.6. The molecule has 0 bridgehead atoms. The van der Waals surface area contributed by atoms with Crippen molar-refractivity contribution >= 4 is 28.6 Å². The van der Waals surface area contributed by atoms with Crippen molar-refractivity contribution in [1.82, 2.24) is 8.10 Å². The SMILES string of the molecule is [CH2]c1cc(OCC)c(OCc2ccc(OC)nc2)cc1N1C=CN(I)C1. The Bertz CT molecular complexity index is 780. The average Bonchev–Trinajstić information content (AvgIpc) is 3.08. The van der Waals surface area contributed by atoms with Crippen LogP contribution in [0.4, 0.5) is 5.69 Å². The van der Waals surface area contributed by atoms with Gasteiger partial charge in [0, 0.05) is 42.0 Å². The Morgan fingerprint density at radius 3 is 2.62 bits per heavy atom. The van der Waals surface area contributed by atoms with Crippen LogP contribution in [0.25, 0.3) is 0 Å². The molecule has 1 aliphatic heterocycles. The second-order valence-electron chi connectivity index (χ2n) is 5.67. The van der Waals surface area contributed by atoms with Gasteiger partial charge in [-0.2, -0.15) is 0 Å². The molecule has 0 N–H and O–H groups in total. The summed E-state index contributed by atoms with van der Waals surface area (Å²) in [5.74, 6) is 1.96. The van der Waals surface area contributed by atoms with Crippen molar-refractivity contribution in [2.45, 2.75) is 13.5 Å². The molecule has 0 spiro atoms. The average molecular weight is 466 g/mol. The molecule has 2 aromatic rings. The van der Waals surface area contributed by atoms with E-state index in [2.05, 4.69) is 42.8 Å². The number of aromatic nitrogens is 1. The topological polar surface area (TPSA) is 47.1 Å². The molecule has 0 aliphatic carbocycles. The molecule has 2 heterocycles. The Morgan fingerprint density at radius 1 is 1.19 bits per heavy atom. The predicted octanol–water partition coefficient (Wildman–Crippen LogP) is 4.15. The molecule has 0 unspecified atom stereocenters. The van der Waals surface area contributed by atoms with Gasteiger partial charge >= 0.3 is 0 Å². The highest BCUT2D eigenvalue weighted by Gasteiger charge is 2.18. The van der Waals surface area contributed by atoms with Gasteiger partial charge in [-0.25, -0.2) is 4.98 Å². The maximum absolute atomic E-state index is 6.03. The summed E-state index contributed by atoms with van der Waals surface area (Å²) in [6.07, 6.45) is 5.78. The summed E-state index contributed by atoms with van der Waals surface area (Å²) in [7, 11) is 1.60. The smallest absolute Gasteiger partial charge is 0.212 e. The van der Waals surface area contributed by atoms with Crippen molar-refractivity contribution in [3.05, 3.63) is 60.9 Å². The summed E-state index contributed by atoms with van der Waals surface area (Å²) in [5, 5.41) is 0. The van der Waals surface area contributed by atoms with Gasteiger partial charge in [0.25, 0.3) is 0 Å². The first-order valence-electron chi connectivity index (χ1n) is 8.22. The number of rotatable bonds is 7. The van der Waals surface area contributed by atoms with Gasteiger partial charge < -0.3 is 22.2 Å². The fourth-order valence-electron chi connectivity index (χ4n) is 2.57. The van der Waals surface area contributed by atoms with Crippen LogP contribution < -0.4 is 19.1 Å². The molecule has 6 nitrogen and oxygen atoms in total. The van der Waals surface area contributed by atoms with E-state index in [0.29, 0.717) is 30.6 Å². The molecule has 26 heavy (non-hydrogen) atoms. The van der Waals surface area contributed by atoms with Crippen LogP contribution in [-0.2, 0) is 6.61 Å². The maximum atomic E-state index is 6.03. The van der Waals surface area contributed by atoms with Crippen LogP contribution in [0.1, 0.15) is 18.1 Å². The van der Waals surface area contributed by atoms with Crippen molar-refractivity contribution < 1.29 is 14.2 Å². The van der Waals surface area contributed by atoms with Crippen molar-refractivity contribution in [1.29, 1.82) is 0 Å². The predicted molar refractivity (Wildman–Crippen MR) is 110 cm³/mol. The van der Waals surface area contributed by atoms with Gasteiger partial charge in [0.1, 0.15) is 13.3 Å². The van der Waals surface area contributed by atoms with Gasteiger partial charge in [0.15, 0.2) is 11.5 Å². The van der Waals surface area contributed by atoms with E-state index in [1.165, 1.54) is 0 Å². The number of methoxy groups -OCH3 is 1. The van der Waals surface area contributed by atoms with E-state index in [4.69, 9.17) is 14.2 Å². The highest BCUT2D eigenvalue weighted by Crippen LogP contribution is 2.37. The zero-order valence-corrected chi connectivity index (χ0v) is 17.0. The normalized spacial score (nSPS) is 13.2. The molecule has 137 valence electrons. The fourth-order valence-corrected chi connectivity index (χ4v) is 3.04. The molecule has 1 aliphatic rings. The Morgan fingerprint density at radius 2 is 2.00 bits per heavy atom. The largest absolute Gasteiger partial charge is 0.490 e. The van der Waals surface area contributed by atoms with Crippen LogP contribution in [0.2, 0.25) is 0 Å². The molecule has 0 fully saturated rings. The lowest BCUT2D eigenvalue weighted by atomic mass is 10.1. The highest BCUT2D eigenvalue weighted by atomic mass is 127. The molecule has 1 aromatic heterocycles. The number of hydrogen-bond acceptors (Lipinski definition) is 6. The van der Waals surface area contributed by atoms with E-state index in [9.17, 15) is 0 Å². The number of benzene rings is 1. The van der Waals surface area contributed by atoms with Crippen LogP contribution >= 0.6 is 22.9 Å². The molecule has 3 rings (SSSR count). The van der Waals surface area contributed by atoms with Gasteiger partial charge in [0.05, 0.1) is 36.6 Å². The minimum atomic E-state index is 0.390. The van der Waals surface area contributed by atoms with E-state index >= 15 is 0 Å². The molecule has 0 saturated heterocycles. The summed E-state index contributed by atoms with van der Waals surface area (Å²) in [6.45, 7) is 7.82. The lowest BCUT2D eigenvalue weighted by Gasteiger charge is -2.22. The summed E-state index contributed by atoms with van der Waals surface area (Å²) >= 11 is 2.26. The fraction of sp³-hybridized carbons (Fsp3) is 0.263. The molecule has 1 radical (unpaired) electrons. The van der Waals surface area contributed by atoms with E-state index < -0.39 is 0 Å². The number of pyridine rings is 1. The number of hydrogen-bond donors (Lipinski definition) is 0. The molecule has 0 atom stereocenters. The van der Waals surface area contributed by atoms with Crippen molar-refractivity contribution in [2.24, 2.45) is 0 Å². The summed E-state index contributed by atoms with van der Waals surface area (Å²) < 4.78 is 18.9. The second-order valence-corrected chi connectivity index (χ2v) is 6.91. The third-order valence-corrected chi connectivity index (χ3v) is 4.48. The van der Waals surface area contributed by atoms with E-state index in [0.717, 1.165) is 23.5 Å². The van der Waals surface area contributed by atoms with E-state index in [1.54, 1.807) is 13.3 Å². The minimum Gasteiger partial charge on any atom is -0.490 e. The third kappa shape index (κ3) is 4.32. The quantitative estimate of drug-likeness (QED) is 0.452. The summed E-state index contributed by atoms with van der Waals surface area (Å²) in [6, 6.07) is 7.64. The molecule has 0 amide bonds. The van der Waals surface area contributed by atoms with Gasteiger partial charge in [-0.1, -0.05) is 0 Å². The van der Waals surface area contributed by atoms with Gasteiger partial charge in [-0.3, -0.25) is 0 Å². The summed E-state index contributed by atoms with van der Waals surface area (Å²) in [5.41, 5.74) is 2.84. The van der Waals surface area contributed by atoms with Crippen LogP contribution in [0.5, 0.6) is 17.4 Å². The first-order valence-corrected chi connectivity index (χ1v) is 9.19. The third-order valence-electron chi connectivity index (χ3n) is 3.85. The van der Waals surface area contributed by atoms with Gasteiger partial charge in [-0.15, -0.1) is 0 Å². The minimum absolute atomic E-state index is 0.390.